The second kappa shape index (κ2) is 4.67. The number of carbonyl (C=O) groups excluding carboxylic acids is 1. The molecule has 0 spiro atoms. The minimum absolute atomic E-state index is 0.0885. The van der Waals surface area contributed by atoms with Gasteiger partial charge in [0.25, 0.3) is 0 Å². The van der Waals surface area contributed by atoms with Gasteiger partial charge in [0.2, 0.25) is 0 Å². The lowest BCUT2D eigenvalue weighted by atomic mass is 10.1. The molecule has 1 rings (SSSR count). The Morgan fingerprint density at radius 2 is 1.58 bits per heavy atom. The Kier molecular flexibility index (Phi) is 3.74. The van der Waals surface area contributed by atoms with E-state index in [4.69, 9.17) is 5.73 Å². The number of rotatable bonds is 2. The Morgan fingerprint density at radius 3 is 2.05 bits per heavy atom. The molecule has 1 aromatic carbocycles. The molecule has 1 amide bonds. The first kappa shape index (κ1) is 15.2. The van der Waals surface area contributed by atoms with Crippen LogP contribution in [0.4, 0.5) is 33.3 Å². The number of halogens is 5. The highest BCUT2D eigenvalue weighted by Crippen LogP contribution is 2.36. The van der Waals surface area contributed by atoms with Crippen molar-refractivity contribution in [3.8, 4) is 0 Å². The number of hydrogen-bond donors (Lipinski definition) is 2. The number of hydrogen-bond acceptors (Lipinski definition) is 2. The van der Waals surface area contributed by atoms with Crippen LogP contribution < -0.4 is 11.1 Å². The van der Waals surface area contributed by atoms with E-state index in [2.05, 4.69) is 0 Å². The first-order valence-corrected chi connectivity index (χ1v) is 5.09. The van der Waals surface area contributed by atoms with Crippen molar-refractivity contribution in [3.63, 3.8) is 0 Å². The number of benzene rings is 1. The fourth-order valence-electron chi connectivity index (χ4n) is 1.28. The quantitative estimate of drug-likeness (QED) is 0.647. The highest BCUT2D eigenvalue weighted by atomic mass is 19.4. The first-order chi connectivity index (χ1) is 8.46. The Balaban J connectivity index is 3.05. The molecule has 0 saturated heterocycles. The van der Waals surface area contributed by atoms with Gasteiger partial charge in [-0.15, -0.1) is 0 Å². The van der Waals surface area contributed by atoms with Crippen LogP contribution in [0.2, 0.25) is 0 Å². The Hall–Kier alpha value is -1.86. The summed E-state index contributed by atoms with van der Waals surface area (Å²) in [4.78, 5) is 11.0. The lowest BCUT2D eigenvalue weighted by molar-refractivity contribution is -0.267. The van der Waals surface area contributed by atoms with Crippen molar-refractivity contribution in [2.45, 2.75) is 25.9 Å². The van der Waals surface area contributed by atoms with Gasteiger partial charge in [-0.3, -0.25) is 4.79 Å². The van der Waals surface area contributed by atoms with Crippen LogP contribution in [0.15, 0.2) is 12.1 Å². The summed E-state index contributed by atoms with van der Waals surface area (Å²) in [6.07, 6.45) is -5.95. The maximum Gasteiger partial charge on any atom is 0.463 e. The highest BCUT2D eigenvalue weighted by molar-refractivity contribution is 5.99. The Morgan fingerprint density at radius 1 is 1.11 bits per heavy atom. The zero-order valence-electron chi connectivity index (χ0n) is 10.0. The summed E-state index contributed by atoms with van der Waals surface area (Å²) >= 11 is 0. The fraction of sp³-hybridized carbons (Fsp3) is 0.364. The van der Waals surface area contributed by atoms with Crippen molar-refractivity contribution >= 4 is 17.3 Å². The fourth-order valence-corrected chi connectivity index (χ4v) is 1.28. The van der Waals surface area contributed by atoms with Gasteiger partial charge in [-0.05, 0) is 37.1 Å². The van der Waals surface area contributed by atoms with Crippen molar-refractivity contribution in [1.29, 1.82) is 0 Å². The van der Waals surface area contributed by atoms with Crippen LogP contribution >= 0.6 is 0 Å². The number of alkyl halides is 5. The number of nitrogens with two attached hydrogens (primary N) is 1. The zero-order chi connectivity index (χ0) is 15.0. The molecule has 0 aliphatic rings. The molecule has 0 radical (unpaired) electrons. The monoisotopic (exact) mass is 282 g/mol. The number of aryl methyl sites for hydroxylation is 2. The average molecular weight is 282 g/mol. The van der Waals surface area contributed by atoms with Crippen LogP contribution in [-0.4, -0.2) is 18.0 Å². The molecule has 1 aromatic rings. The number of nitrogen functional groups attached to an aromatic ring is 1. The highest BCUT2D eigenvalue weighted by Gasteiger charge is 2.63. The lowest BCUT2D eigenvalue weighted by Crippen LogP contribution is -2.47. The molecule has 0 saturated carbocycles. The second-order valence-electron chi connectivity index (χ2n) is 4.05. The van der Waals surface area contributed by atoms with Crippen LogP contribution in [0.1, 0.15) is 11.1 Å². The molecule has 0 aliphatic carbocycles. The number of nitrogens with one attached hydrogen (secondary N) is 1. The summed E-state index contributed by atoms with van der Waals surface area (Å²) < 4.78 is 61.5. The van der Waals surface area contributed by atoms with Gasteiger partial charge >= 0.3 is 18.0 Å². The molecule has 106 valence electrons. The van der Waals surface area contributed by atoms with Gasteiger partial charge in [-0.25, -0.2) is 0 Å². The molecule has 0 fully saturated rings. The molecular formula is C11H11F5N2O. The predicted octanol–water partition coefficient (Wildman–Crippen LogP) is 3.02. The molecule has 0 bridgehead atoms. The van der Waals surface area contributed by atoms with Crippen LogP contribution in [0.25, 0.3) is 0 Å². The SMILES string of the molecule is Cc1cc(N)c(NC(=O)C(F)(F)C(F)(F)F)cc1C. The van der Waals surface area contributed by atoms with Crippen LogP contribution in [0, 0.1) is 13.8 Å². The molecule has 0 unspecified atom stereocenters. The van der Waals surface area contributed by atoms with Gasteiger partial charge in [-0.2, -0.15) is 22.0 Å². The van der Waals surface area contributed by atoms with Crippen molar-refractivity contribution in [1.82, 2.24) is 0 Å². The van der Waals surface area contributed by atoms with E-state index in [9.17, 15) is 26.7 Å². The molecule has 8 heteroatoms. The molecule has 0 aliphatic heterocycles. The predicted molar refractivity (Wildman–Crippen MR) is 60.0 cm³/mol. The molecule has 19 heavy (non-hydrogen) atoms. The summed E-state index contributed by atoms with van der Waals surface area (Å²) in [6, 6.07) is 2.60. The van der Waals surface area contributed by atoms with E-state index in [-0.39, 0.29) is 11.4 Å². The van der Waals surface area contributed by atoms with E-state index >= 15 is 0 Å². The van der Waals surface area contributed by atoms with Gasteiger partial charge in [-0.1, -0.05) is 0 Å². The second-order valence-corrected chi connectivity index (χ2v) is 4.05. The van der Waals surface area contributed by atoms with Crippen molar-refractivity contribution in [3.05, 3.63) is 23.3 Å². The number of amides is 1. The maximum absolute atomic E-state index is 12.7. The maximum atomic E-state index is 12.7. The van der Waals surface area contributed by atoms with Gasteiger partial charge < -0.3 is 11.1 Å². The minimum atomic E-state index is -5.95. The van der Waals surface area contributed by atoms with Gasteiger partial charge in [0.1, 0.15) is 0 Å². The first-order valence-electron chi connectivity index (χ1n) is 5.09. The number of anilines is 2. The molecule has 0 heterocycles. The van der Waals surface area contributed by atoms with Crippen molar-refractivity contribution < 1.29 is 26.7 Å². The lowest BCUT2D eigenvalue weighted by Gasteiger charge is -2.19. The van der Waals surface area contributed by atoms with Gasteiger partial charge in [0.15, 0.2) is 0 Å². The molecule has 0 atom stereocenters. The number of carbonyl (C=O) groups is 1. The molecule has 3 N–H and O–H groups in total. The summed E-state index contributed by atoms with van der Waals surface area (Å²) in [6.45, 7) is 3.29. The van der Waals surface area contributed by atoms with E-state index in [1.165, 1.54) is 17.4 Å². The third kappa shape index (κ3) is 2.94. The van der Waals surface area contributed by atoms with E-state index in [1.54, 1.807) is 13.8 Å². The van der Waals surface area contributed by atoms with E-state index in [1.807, 2.05) is 0 Å². The van der Waals surface area contributed by atoms with Gasteiger partial charge in [0.05, 0.1) is 11.4 Å². The molecular weight excluding hydrogens is 271 g/mol. The summed E-state index contributed by atoms with van der Waals surface area (Å²) in [5, 5.41) is 1.49. The van der Waals surface area contributed by atoms with Crippen LogP contribution in [-0.2, 0) is 4.79 Å². The van der Waals surface area contributed by atoms with Gasteiger partial charge in [0, 0.05) is 0 Å². The van der Waals surface area contributed by atoms with E-state index in [0.29, 0.717) is 5.56 Å². The smallest absolute Gasteiger partial charge is 0.397 e. The molecule has 3 nitrogen and oxygen atoms in total. The topological polar surface area (TPSA) is 55.1 Å². The third-order valence-corrected chi connectivity index (χ3v) is 2.56. The standard InChI is InChI=1S/C11H11F5N2O/c1-5-3-7(17)8(4-6(5)2)18-9(19)10(12,13)11(14,15)16/h3-4H,17H2,1-2H3,(H,18,19). The summed E-state index contributed by atoms with van der Waals surface area (Å²) in [5.41, 5.74) is 6.40. The summed E-state index contributed by atoms with van der Waals surface area (Å²) in [7, 11) is 0. The third-order valence-electron chi connectivity index (χ3n) is 2.56. The van der Waals surface area contributed by atoms with Crippen molar-refractivity contribution in [2.75, 3.05) is 11.1 Å². The van der Waals surface area contributed by atoms with E-state index in [0.717, 1.165) is 5.56 Å². The van der Waals surface area contributed by atoms with Crippen LogP contribution in [0.3, 0.4) is 0 Å². The molecule has 0 aromatic heterocycles. The van der Waals surface area contributed by atoms with Crippen LogP contribution in [0.5, 0.6) is 0 Å². The average Bonchev–Trinajstić information content (AvgIpc) is 2.24. The minimum Gasteiger partial charge on any atom is -0.397 e. The Labute approximate surface area is 105 Å². The van der Waals surface area contributed by atoms with Crippen molar-refractivity contribution in [2.24, 2.45) is 0 Å². The van der Waals surface area contributed by atoms with E-state index < -0.39 is 18.0 Å². The summed E-state index contributed by atoms with van der Waals surface area (Å²) in [5.74, 6) is -7.94. The largest absolute Gasteiger partial charge is 0.463 e. The normalized spacial score (nSPS) is 12.4. The Bertz CT molecular complexity index is 511. The zero-order valence-corrected chi connectivity index (χ0v) is 10.0.